The monoisotopic (exact) mass is 430 g/mol. The maximum atomic E-state index is 13.0. The minimum absolute atomic E-state index is 0.199. The van der Waals surface area contributed by atoms with Crippen molar-refractivity contribution in [2.75, 3.05) is 19.8 Å². The van der Waals surface area contributed by atoms with Crippen LogP contribution in [0.3, 0.4) is 0 Å². The molecule has 31 heavy (non-hydrogen) atoms. The molecule has 0 radical (unpaired) electrons. The zero-order chi connectivity index (χ0) is 22.0. The molecule has 2 amide bonds. The van der Waals surface area contributed by atoms with Crippen LogP contribution in [-0.2, 0) is 11.3 Å². The van der Waals surface area contributed by atoms with Crippen LogP contribution in [-0.4, -0.2) is 74.3 Å². The van der Waals surface area contributed by atoms with Gasteiger partial charge in [-0.1, -0.05) is 18.2 Å². The van der Waals surface area contributed by atoms with Gasteiger partial charge >= 0.3 is 6.09 Å². The lowest BCUT2D eigenvalue weighted by molar-refractivity contribution is -0.0821. The minimum Gasteiger partial charge on any atom is -0.465 e. The Morgan fingerprint density at radius 3 is 2.71 bits per heavy atom. The second-order valence-electron chi connectivity index (χ2n) is 8.56. The number of carbonyl (C=O) groups excluding carboxylic acids is 1. The fraction of sp³-hybridized carbons (Fsp3) is 0.591. The predicted octanol–water partition coefficient (Wildman–Crippen LogP) is 2.23. The number of para-hydroxylation sites is 1. The number of aliphatic hydroxyl groups is 1. The fourth-order valence-corrected chi connectivity index (χ4v) is 4.78. The normalized spacial score (nSPS) is 23.6. The summed E-state index contributed by atoms with van der Waals surface area (Å²) in [4.78, 5) is 26.3. The molecular formula is C22H30N4O5. The molecule has 168 valence electrons. The number of amides is 2. The third-order valence-electron chi connectivity index (χ3n) is 6.50. The van der Waals surface area contributed by atoms with Crippen LogP contribution in [0, 0.1) is 0 Å². The molecule has 2 atom stereocenters. The zero-order valence-electron chi connectivity index (χ0n) is 17.8. The van der Waals surface area contributed by atoms with E-state index in [1.54, 1.807) is 4.68 Å². The Bertz CT molecular complexity index is 953. The average molecular weight is 431 g/mol. The van der Waals surface area contributed by atoms with E-state index in [0.29, 0.717) is 57.6 Å². The molecule has 9 heteroatoms. The average Bonchev–Trinajstić information content (AvgIpc) is 3.14. The maximum absolute atomic E-state index is 13.0. The quantitative estimate of drug-likeness (QED) is 0.670. The number of nitrogens with zero attached hydrogens (tertiary/aromatic N) is 3. The smallest absolute Gasteiger partial charge is 0.407 e. The largest absolute Gasteiger partial charge is 0.465 e. The lowest BCUT2D eigenvalue weighted by atomic mass is 9.83. The topological polar surface area (TPSA) is 117 Å². The van der Waals surface area contributed by atoms with Crippen LogP contribution in [0.15, 0.2) is 24.3 Å². The molecule has 0 aliphatic carbocycles. The molecule has 0 spiro atoms. The number of carboxylic acid groups (broad SMARTS) is 1. The molecule has 2 fully saturated rings. The molecule has 2 aliphatic rings. The van der Waals surface area contributed by atoms with Gasteiger partial charge in [0.25, 0.3) is 5.91 Å². The van der Waals surface area contributed by atoms with Crippen molar-refractivity contribution in [3.63, 3.8) is 0 Å². The molecule has 2 aliphatic heterocycles. The molecule has 0 bridgehead atoms. The third-order valence-corrected chi connectivity index (χ3v) is 6.50. The summed E-state index contributed by atoms with van der Waals surface area (Å²) in [6, 6.07) is 7.03. The van der Waals surface area contributed by atoms with E-state index < -0.39 is 11.7 Å². The van der Waals surface area contributed by atoms with Gasteiger partial charge in [0.05, 0.1) is 11.1 Å². The van der Waals surface area contributed by atoms with Gasteiger partial charge in [-0.25, -0.2) is 4.79 Å². The highest BCUT2D eigenvalue weighted by Gasteiger charge is 2.39. The van der Waals surface area contributed by atoms with E-state index in [1.165, 1.54) is 4.90 Å². The first-order valence-corrected chi connectivity index (χ1v) is 11.0. The number of benzene rings is 1. The molecule has 4 rings (SSSR count). The van der Waals surface area contributed by atoms with Crippen molar-refractivity contribution in [1.82, 2.24) is 20.0 Å². The van der Waals surface area contributed by atoms with Gasteiger partial charge in [0.15, 0.2) is 5.69 Å². The summed E-state index contributed by atoms with van der Waals surface area (Å²) in [6.45, 7) is 3.81. The highest BCUT2D eigenvalue weighted by atomic mass is 16.5. The number of aromatic nitrogens is 2. The maximum Gasteiger partial charge on any atom is 0.407 e. The summed E-state index contributed by atoms with van der Waals surface area (Å²) in [5, 5.41) is 28.8. The van der Waals surface area contributed by atoms with Crippen molar-refractivity contribution in [2.24, 2.45) is 0 Å². The number of carbonyl (C=O) groups is 2. The number of rotatable bonds is 5. The SMILES string of the molecule is CCn1nc(C(=O)NC2CCC(CC3(O)CCOCC3)N(C(=O)O)C2)c2ccccc21. The number of hydrogen-bond acceptors (Lipinski definition) is 5. The van der Waals surface area contributed by atoms with E-state index in [2.05, 4.69) is 10.4 Å². The summed E-state index contributed by atoms with van der Waals surface area (Å²) >= 11 is 0. The number of fused-ring (bicyclic) bond motifs is 1. The van der Waals surface area contributed by atoms with E-state index in [0.717, 1.165) is 10.9 Å². The Hall–Kier alpha value is -2.65. The van der Waals surface area contributed by atoms with Gasteiger partial charge in [0, 0.05) is 43.8 Å². The predicted molar refractivity (Wildman–Crippen MR) is 114 cm³/mol. The van der Waals surface area contributed by atoms with E-state index in [4.69, 9.17) is 4.74 Å². The molecule has 3 N–H and O–H groups in total. The molecule has 3 heterocycles. The van der Waals surface area contributed by atoms with Crippen molar-refractivity contribution >= 4 is 22.9 Å². The lowest BCUT2D eigenvalue weighted by Gasteiger charge is -2.42. The Labute approximate surface area is 181 Å². The Morgan fingerprint density at radius 2 is 2.00 bits per heavy atom. The van der Waals surface area contributed by atoms with Gasteiger partial charge in [-0.15, -0.1) is 0 Å². The summed E-state index contributed by atoms with van der Waals surface area (Å²) in [5.74, 6) is -0.291. The molecule has 2 aromatic rings. The number of aryl methyl sites for hydroxylation is 1. The van der Waals surface area contributed by atoms with Crippen LogP contribution >= 0.6 is 0 Å². The van der Waals surface area contributed by atoms with Gasteiger partial charge in [0.2, 0.25) is 0 Å². The molecule has 2 unspecified atom stereocenters. The minimum atomic E-state index is -1.03. The second-order valence-corrected chi connectivity index (χ2v) is 8.56. The standard InChI is InChI=1S/C22H30N4O5/c1-2-26-18-6-4-3-5-17(18)19(24-26)20(27)23-15-7-8-16(25(14-15)21(28)29)13-22(30)9-11-31-12-10-22/h3-6,15-16,30H,2,7-14H2,1H3,(H,23,27)(H,28,29). The van der Waals surface area contributed by atoms with E-state index in [9.17, 15) is 19.8 Å². The fourth-order valence-electron chi connectivity index (χ4n) is 4.78. The van der Waals surface area contributed by atoms with Crippen LogP contribution in [0.25, 0.3) is 10.9 Å². The van der Waals surface area contributed by atoms with Crippen molar-refractivity contribution in [2.45, 2.75) is 63.3 Å². The molecule has 2 saturated heterocycles. The molecule has 9 nitrogen and oxygen atoms in total. The van der Waals surface area contributed by atoms with Crippen molar-refractivity contribution in [1.29, 1.82) is 0 Å². The third kappa shape index (κ3) is 4.52. The van der Waals surface area contributed by atoms with Crippen LogP contribution in [0.5, 0.6) is 0 Å². The summed E-state index contributed by atoms with van der Waals surface area (Å²) < 4.78 is 7.12. The molecule has 0 saturated carbocycles. The number of nitrogens with one attached hydrogen (secondary N) is 1. The van der Waals surface area contributed by atoms with Gasteiger partial charge in [-0.2, -0.15) is 5.10 Å². The Kier molecular flexibility index (Phi) is 6.15. The van der Waals surface area contributed by atoms with Crippen LogP contribution in [0.4, 0.5) is 4.79 Å². The number of piperidine rings is 1. The summed E-state index contributed by atoms with van der Waals surface area (Å²) in [6.07, 6.45) is 1.65. The first kappa shape index (κ1) is 21.6. The highest BCUT2D eigenvalue weighted by Crippen LogP contribution is 2.31. The van der Waals surface area contributed by atoms with Crippen LogP contribution in [0.2, 0.25) is 0 Å². The van der Waals surface area contributed by atoms with Gasteiger partial charge < -0.3 is 25.2 Å². The number of ether oxygens (including phenoxy) is 1. The lowest BCUT2D eigenvalue weighted by Crippen LogP contribution is -2.56. The van der Waals surface area contributed by atoms with E-state index in [1.807, 2.05) is 31.2 Å². The van der Waals surface area contributed by atoms with Crippen molar-refractivity contribution in [3.05, 3.63) is 30.0 Å². The zero-order valence-corrected chi connectivity index (χ0v) is 17.8. The molecule has 1 aromatic carbocycles. The number of hydrogen-bond donors (Lipinski definition) is 3. The van der Waals surface area contributed by atoms with E-state index in [-0.39, 0.29) is 24.5 Å². The first-order chi connectivity index (χ1) is 14.9. The second kappa shape index (κ2) is 8.84. The van der Waals surface area contributed by atoms with Crippen LogP contribution in [0.1, 0.15) is 49.5 Å². The number of likely N-dealkylation sites (tertiary alicyclic amines) is 1. The van der Waals surface area contributed by atoms with Gasteiger partial charge in [-0.05, 0) is 45.1 Å². The van der Waals surface area contributed by atoms with E-state index >= 15 is 0 Å². The molecular weight excluding hydrogens is 400 g/mol. The van der Waals surface area contributed by atoms with Crippen LogP contribution < -0.4 is 5.32 Å². The van der Waals surface area contributed by atoms with Gasteiger partial charge in [-0.3, -0.25) is 9.48 Å². The van der Waals surface area contributed by atoms with Crippen molar-refractivity contribution < 1.29 is 24.5 Å². The molecule has 1 aromatic heterocycles. The summed E-state index contributed by atoms with van der Waals surface area (Å²) in [7, 11) is 0. The van der Waals surface area contributed by atoms with Gasteiger partial charge in [0.1, 0.15) is 0 Å². The first-order valence-electron chi connectivity index (χ1n) is 11.0. The summed E-state index contributed by atoms with van der Waals surface area (Å²) in [5.41, 5.74) is 0.368. The Morgan fingerprint density at radius 1 is 1.26 bits per heavy atom. The van der Waals surface area contributed by atoms with Crippen molar-refractivity contribution in [3.8, 4) is 0 Å². The highest BCUT2D eigenvalue weighted by molar-refractivity contribution is 6.05. The Balaban J connectivity index is 1.45.